The Morgan fingerprint density at radius 1 is 0.917 bits per heavy atom. The highest BCUT2D eigenvalue weighted by Crippen LogP contribution is 2.32. The third-order valence-electron chi connectivity index (χ3n) is 4.37. The Morgan fingerprint density at radius 2 is 1.83 bits per heavy atom. The van der Waals surface area contributed by atoms with Crippen molar-refractivity contribution >= 4 is 11.0 Å². The van der Waals surface area contributed by atoms with E-state index < -0.39 is 0 Å². The van der Waals surface area contributed by atoms with Gasteiger partial charge in [0.1, 0.15) is 0 Å². The molecule has 3 heteroatoms. The zero-order chi connectivity index (χ0) is 16.5. The van der Waals surface area contributed by atoms with Crippen molar-refractivity contribution in [3.05, 3.63) is 72.7 Å². The molecule has 2 heterocycles. The third kappa shape index (κ3) is 2.48. The molecule has 0 amide bonds. The summed E-state index contributed by atoms with van der Waals surface area (Å²) in [6, 6.07) is 19.1. The van der Waals surface area contributed by atoms with E-state index >= 15 is 0 Å². The maximum absolute atomic E-state index is 4.65. The van der Waals surface area contributed by atoms with E-state index in [0.29, 0.717) is 0 Å². The maximum Gasteiger partial charge on any atom is 0.0958 e. The second kappa shape index (κ2) is 5.93. The van der Waals surface area contributed by atoms with Crippen LogP contribution in [0.2, 0.25) is 0 Å². The second-order valence-corrected chi connectivity index (χ2v) is 6.00. The first-order valence-electron chi connectivity index (χ1n) is 8.23. The fourth-order valence-corrected chi connectivity index (χ4v) is 3.14. The Labute approximate surface area is 141 Å². The van der Waals surface area contributed by atoms with Gasteiger partial charge in [0.15, 0.2) is 0 Å². The number of hydrogen-bond donors (Lipinski definition) is 0. The lowest BCUT2D eigenvalue weighted by Gasteiger charge is -2.10. The molecule has 2 aromatic heterocycles. The molecule has 0 N–H and O–H groups in total. The first-order chi connectivity index (χ1) is 11.8. The molecule has 0 fully saturated rings. The van der Waals surface area contributed by atoms with Gasteiger partial charge in [-0.05, 0) is 43.7 Å². The highest BCUT2D eigenvalue weighted by Gasteiger charge is 2.10. The quantitative estimate of drug-likeness (QED) is 0.527. The van der Waals surface area contributed by atoms with E-state index in [1.54, 1.807) is 0 Å². The van der Waals surface area contributed by atoms with Gasteiger partial charge in [-0.3, -0.25) is 4.98 Å². The standard InChI is InChI=1S/C21H19N3/c1-3-24-14-23-19-10-9-16(13-20(19)24)18-8-5-11-22-21(18)17-7-4-6-15(2)12-17/h4-14H,3H2,1-2H3. The lowest BCUT2D eigenvalue weighted by molar-refractivity contribution is 0.787. The molecule has 2 aromatic carbocycles. The van der Waals surface area contributed by atoms with Gasteiger partial charge >= 0.3 is 0 Å². The van der Waals surface area contributed by atoms with Crippen molar-refractivity contribution in [3.63, 3.8) is 0 Å². The smallest absolute Gasteiger partial charge is 0.0958 e. The summed E-state index contributed by atoms with van der Waals surface area (Å²) < 4.78 is 2.17. The van der Waals surface area contributed by atoms with E-state index in [1.807, 2.05) is 18.6 Å². The average Bonchev–Trinajstić information content (AvgIpc) is 3.04. The van der Waals surface area contributed by atoms with Crippen LogP contribution in [0.5, 0.6) is 0 Å². The number of benzene rings is 2. The van der Waals surface area contributed by atoms with Gasteiger partial charge in [0.2, 0.25) is 0 Å². The van der Waals surface area contributed by atoms with Crippen LogP contribution < -0.4 is 0 Å². The van der Waals surface area contributed by atoms with Gasteiger partial charge in [0.05, 0.1) is 23.1 Å². The zero-order valence-corrected chi connectivity index (χ0v) is 13.9. The molecule has 3 nitrogen and oxygen atoms in total. The van der Waals surface area contributed by atoms with Gasteiger partial charge in [-0.25, -0.2) is 4.98 Å². The van der Waals surface area contributed by atoms with Crippen molar-refractivity contribution < 1.29 is 0 Å². The highest BCUT2D eigenvalue weighted by molar-refractivity contribution is 5.87. The van der Waals surface area contributed by atoms with Crippen LogP contribution in [-0.4, -0.2) is 14.5 Å². The predicted molar refractivity (Wildman–Crippen MR) is 98.8 cm³/mol. The molecular formula is C21H19N3. The molecule has 0 saturated carbocycles. The van der Waals surface area contributed by atoms with Crippen molar-refractivity contribution in [2.24, 2.45) is 0 Å². The molecule has 0 spiro atoms. The Hall–Kier alpha value is -2.94. The van der Waals surface area contributed by atoms with Gasteiger partial charge < -0.3 is 4.57 Å². The summed E-state index contributed by atoms with van der Waals surface area (Å²) in [5.41, 5.74) is 7.91. The van der Waals surface area contributed by atoms with Crippen LogP contribution in [0.1, 0.15) is 12.5 Å². The van der Waals surface area contributed by atoms with Gasteiger partial charge in [0.25, 0.3) is 0 Å². The molecule has 4 aromatic rings. The van der Waals surface area contributed by atoms with E-state index in [9.17, 15) is 0 Å². The fraction of sp³-hybridized carbons (Fsp3) is 0.143. The summed E-state index contributed by atoms with van der Waals surface area (Å²) in [5, 5.41) is 0. The van der Waals surface area contributed by atoms with E-state index in [-0.39, 0.29) is 0 Å². The minimum Gasteiger partial charge on any atom is -0.331 e. The monoisotopic (exact) mass is 313 g/mol. The molecule has 4 rings (SSSR count). The van der Waals surface area contributed by atoms with Crippen LogP contribution in [0.15, 0.2) is 67.1 Å². The number of imidazole rings is 1. The molecule has 0 radical (unpaired) electrons. The van der Waals surface area contributed by atoms with Crippen molar-refractivity contribution in [2.45, 2.75) is 20.4 Å². The van der Waals surface area contributed by atoms with Crippen LogP contribution >= 0.6 is 0 Å². The van der Waals surface area contributed by atoms with Gasteiger partial charge in [0, 0.05) is 23.9 Å². The number of fused-ring (bicyclic) bond motifs is 1. The lowest BCUT2D eigenvalue weighted by atomic mass is 9.98. The number of nitrogens with zero attached hydrogens (tertiary/aromatic N) is 3. The normalized spacial score (nSPS) is 11.1. The first-order valence-corrected chi connectivity index (χ1v) is 8.23. The minimum absolute atomic E-state index is 0.914. The molecule has 24 heavy (non-hydrogen) atoms. The summed E-state index contributed by atoms with van der Waals surface area (Å²) in [4.78, 5) is 9.12. The summed E-state index contributed by atoms with van der Waals surface area (Å²) in [6.45, 7) is 5.16. The van der Waals surface area contributed by atoms with E-state index in [4.69, 9.17) is 0 Å². The molecule has 0 bridgehead atoms. The van der Waals surface area contributed by atoms with Gasteiger partial charge in [-0.2, -0.15) is 0 Å². The Balaban J connectivity index is 1.91. The van der Waals surface area contributed by atoms with E-state index in [2.05, 4.69) is 76.9 Å². The molecule has 118 valence electrons. The summed E-state index contributed by atoms with van der Waals surface area (Å²) in [7, 11) is 0. The highest BCUT2D eigenvalue weighted by atomic mass is 15.0. The largest absolute Gasteiger partial charge is 0.331 e. The molecular weight excluding hydrogens is 294 g/mol. The number of aromatic nitrogens is 3. The number of rotatable bonds is 3. The van der Waals surface area contributed by atoms with E-state index in [0.717, 1.165) is 34.4 Å². The molecule has 0 aliphatic carbocycles. The summed E-state index contributed by atoms with van der Waals surface area (Å²) in [5.74, 6) is 0. The SMILES string of the molecule is CCn1cnc2ccc(-c3cccnc3-c3cccc(C)c3)cc21. The van der Waals surface area contributed by atoms with Crippen molar-refractivity contribution in [1.82, 2.24) is 14.5 Å². The van der Waals surface area contributed by atoms with Gasteiger partial charge in [-0.15, -0.1) is 0 Å². The Bertz CT molecular complexity index is 1010. The van der Waals surface area contributed by atoms with Gasteiger partial charge in [-0.1, -0.05) is 35.9 Å². The van der Waals surface area contributed by atoms with Crippen LogP contribution in [0, 0.1) is 6.92 Å². The average molecular weight is 313 g/mol. The second-order valence-electron chi connectivity index (χ2n) is 6.00. The van der Waals surface area contributed by atoms with Crippen molar-refractivity contribution in [2.75, 3.05) is 0 Å². The fourth-order valence-electron chi connectivity index (χ4n) is 3.14. The molecule has 0 atom stereocenters. The summed E-state index contributed by atoms with van der Waals surface area (Å²) in [6.07, 6.45) is 3.76. The third-order valence-corrected chi connectivity index (χ3v) is 4.37. The van der Waals surface area contributed by atoms with E-state index in [1.165, 1.54) is 11.1 Å². The first kappa shape index (κ1) is 14.6. The summed E-state index contributed by atoms with van der Waals surface area (Å²) >= 11 is 0. The minimum atomic E-state index is 0.914. The number of hydrogen-bond acceptors (Lipinski definition) is 2. The number of aryl methyl sites for hydroxylation is 2. The topological polar surface area (TPSA) is 30.7 Å². The Kier molecular flexibility index (Phi) is 3.62. The van der Waals surface area contributed by atoms with Crippen molar-refractivity contribution in [1.29, 1.82) is 0 Å². The predicted octanol–water partition coefficient (Wildman–Crippen LogP) is 5.09. The maximum atomic E-state index is 4.65. The number of pyridine rings is 1. The van der Waals surface area contributed by atoms with Crippen LogP contribution in [0.3, 0.4) is 0 Å². The molecule has 0 aliphatic heterocycles. The zero-order valence-electron chi connectivity index (χ0n) is 13.9. The van der Waals surface area contributed by atoms with Crippen LogP contribution in [0.25, 0.3) is 33.4 Å². The van der Waals surface area contributed by atoms with Crippen LogP contribution in [-0.2, 0) is 6.54 Å². The Morgan fingerprint density at radius 3 is 2.67 bits per heavy atom. The molecule has 0 unspecified atom stereocenters. The molecule has 0 saturated heterocycles. The van der Waals surface area contributed by atoms with Crippen LogP contribution in [0.4, 0.5) is 0 Å². The van der Waals surface area contributed by atoms with Crippen molar-refractivity contribution in [3.8, 4) is 22.4 Å². The lowest BCUT2D eigenvalue weighted by Crippen LogP contribution is -1.92. The molecule has 0 aliphatic rings.